The van der Waals surface area contributed by atoms with Crippen LogP contribution in [0.3, 0.4) is 0 Å². The lowest BCUT2D eigenvalue weighted by Gasteiger charge is -2.06. The number of hydrogen-bond donors (Lipinski definition) is 0. The van der Waals surface area contributed by atoms with Crippen molar-refractivity contribution in [2.75, 3.05) is 0 Å². The largest absolute Gasteiger partial charge is 0.352 e. The Kier molecular flexibility index (Phi) is 4.30. The van der Waals surface area contributed by atoms with Gasteiger partial charge in [0.15, 0.2) is 0 Å². The van der Waals surface area contributed by atoms with Gasteiger partial charge in [0.2, 0.25) is 5.78 Å². The van der Waals surface area contributed by atoms with Gasteiger partial charge in [0.1, 0.15) is 4.70 Å². The van der Waals surface area contributed by atoms with E-state index in [-0.39, 0.29) is 11.2 Å². The van der Waals surface area contributed by atoms with Gasteiger partial charge >= 0.3 is 5.69 Å². The lowest BCUT2D eigenvalue weighted by atomic mass is 10.2. The number of benzene rings is 1. The van der Waals surface area contributed by atoms with Crippen LogP contribution in [0.1, 0.15) is 10.4 Å². The second-order valence-electron chi connectivity index (χ2n) is 6.31. The third-order valence-corrected chi connectivity index (χ3v) is 6.81. The van der Waals surface area contributed by atoms with Crippen LogP contribution in [-0.2, 0) is 13.1 Å². The average Bonchev–Trinajstić information content (AvgIpc) is 3.42. The molecule has 140 valence electrons. The molecule has 0 unspecified atom stereocenters. The van der Waals surface area contributed by atoms with E-state index in [0.29, 0.717) is 29.1 Å². The Hall–Kier alpha value is -2.49. The van der Waals surface area contributed by atoms with Crippen molar-refractivity contribution >= 4 is 54.6 Å². The third-order valence-electron chi connectivity index (χ3n) is 4.53. The highest BCUT2D eigenvalue weighted by Crippen LogP contribution is 2.19. The summed E-state index contributed by atoms with van der Waals surface area (Å²) >= 11 is 6.34. The van der Waals surface area contributed by atoms with Crippen molar-refractivity contribution < 1.29 is 0 Å². The van der Waals surface area contributed by atoms with Gasteiger partial charge in [0.05, 0.1) is 18.6 Å². The Balaban J connectivity index is 1.74. The highest BCUT2D eigenvalue weighted by atomic mass is 79.9. The molecule has 4 heterocycles. The second kappa shape index (κ2) is 6.84. The van der Waals surface area contributed by atoms with Crippen LogP contribution in [0.4, 0.5) is 0 Å². The lowest BCUT2D eigenvalue weighted by molar-refractivity contribution is 0.655. The van der Waals surface area contributed by atoms with Crippen LogP contribution in [0.25, 0.3) is 16.0 Å². The molecule has 0 saturated heterocycles. The van der Waals surface area contributed by atoms with E-state index in [1.54, 1.807) is 26.4 Å². The van der Waals surface area contributed by atoms with Gasteiger partial charge in [-0.05, 0) is 40.6 Å². The Bertz CT molecular complexity index is 1410. The molecule has 0 spiro atoms. The minimum Gasteiger partial charge on any atom is -0.270 e. The molecular formula is C19H13BrN4O2S2. The maximum absolute atomic E-state index is 13.1. The van der Waals surface area contributed by atoms with E-state index in [4.69, 9.17) is 0 Å². The van der Waals surface area contributed by atoms with E-state index in [1.807, 2.05) is 47.2 Å². The van der Waals surface area contributed by atoms with Crippen molar-refractivity contribution in [2.45, 2.75) is 13.1 Å². The fraction of sp³-hybridized carbons (Fsp3) is 0.105. The quantitative estimate of drug-likeness (QED) is 0.399. The summed E-state index contributed by atoms with van der Waals surface area (Å²) < 4.78 is 6.09. The van der Waals surface area contributed by atoms with Gasteiger partial charge in [-0.2, -0.15) is 0 Å². The zero-order chi connectivity index (χ0) is 19.3. The number of rotatable bonds is 4. The molecule has 0 aliphatic rings. The van der Waals surface area contributed by atoms with Crippen LogP contribution in [0, 0.1) is 0 Å². The molecule has 5 rings (SSSR count). The SMILES string of the molecule is O=c1c2sccc2n2c(=O)n(Cc3ccc(Br)cc3)nc2n1Cc1cccs1. The zero-order valence-electron chi connectivity index (χ0n) is 14.4. The predicted octanol–water partition coefficient (Wildman–Crippen LogP) is 3.79. The molecule has 0 aliphatic heterocycles. The number of aromatic nitrogens is 4. The second-order valence-corrected chi connectivity index (χ2v) is 9.17. The molecule has 6 nitrogen and oxygen atoms in total. The van der Waals surface area contributed by atoms with Gasteiger partial charge in [0, 0.05) is 9.35 Å². The molecule has 0 atom stereocenters. The summed E-state index contributed by atoms with van der Waals surface area (Å²) in [5.41, 5.74) is 1.20. The number of fused-ring (bicyclic) bond motifs is 3. The highest BCUT2D eigenvalue weighted by Gasteiger charge is 2.18. The zero-order valence-corrected chi connectivity index (χ0v) is 17.6. The molecule has 4 aromatic heterocycles. The van der Waals surface area contributed by atoms with E-state index in [1.165, 1.54) is 16.0 Å². The van der Waals surface area contributed by atoms with Crippen molar-refractivity contribution in [3.8, 4) is 0 Å². The molecule has 0 saturated carbocycles. The van der Waals surface area contributed by atoms with E-state index in [9.17, 15) is 9.59 Å². The van der Waals surface area contributed by atoms with Crippen molar-refractivity contribution in [3.63, 3.8) is 0 Å². The first kappa shape index (κ1) is 17.6. The van der Waals surface area contributed by atoms with Crippen LogP contribution >= 0.6 is 38.6 Å². The van der Waals surface area contributed by atoms with Gasteiger partial charge in [-0.15, -0.1) is 27.8 Å². The lowest BCUT2D eigenvalue weighted by Crippen LogP contribution is -2.26. The van der Waals surface area contributed by atoms with E-state index >= 15 is 0 Å². The predicted molar refractivity (Wildman–Crippen MR) is 116 cm³/mol. The van der Waals surface area contributed by atoms with Gasteiger partial charge in [0.25, 0.3) is 5.56 Å². The first-order chi connectivity index (χ1) is 13.6. The molecular weight excluding hydrogens is 460 g/mol. The first-order valence-electron chi connectivity index (χ1n) is 8.48. The Labute approximate surface area is 175 Å². The Morgan fingerprint density at radius 3 is 2.54 bits per heavy atom. The Morgan fingerprint density at radius 2 is 1.79 bits per heavy atom. The summed E-state index contributed by atoms with van der Waals surface area (Å²) in [6, 6.07) is 13.5. The molecule has 9 heteroatoms. The fourth-order valence-corrected chi connectivity index (χ4v) is 4.98. The third kappa shape index (κ3) is 2.86. The smallest absolute Gasteiger partial charge is 0.270 e. The maximum Gasteiger partial charge on any atom is 0.352 e. The standard InChI is InChI=1S/C19H13BrN4O2S2/c20-13-5-3-12(4-6-13)10-23-19(26)24-15-7-9-28-16(15)17(25)22(18(24)21-23)11-14-2-1-8-27-14/h1-9H,10-11H2. The number of hydrogen-bond acceptors (Lipinski definition) is 5. The van der Waals surface area contributed by atoms with E-state index in [0.717, 1.165) is 14.9 Å². The van der Waals surface area contributed by atoms with Gasteiger partial charge in [-0.3, -0.25) is 9.36 Å². The monoisotopic (exact) mass is 472 g/mol. The minimum atomic E-state index is -0.249. The number of halogens is 1. The molecule has 1 aromatic carbocycles. The highest BCUT2D eigenvalue weighted by molar-refractivity contribution is 9.10. The van der Waals surface area contributed by atoms with Crippen LogP contribution in [0.15, 0.2) is 67.3 Å². The number of thiophene rings is 2. The topological polar surface area (TPSA) is 61.3 Å². The molecule has 0 fully saturated rings. The van der Waals surface area contributed by atoms with Gasteiger partial charge in [-0.1, -0.05) is 34.1 Å². The van der Waals surface area contributed by atoms with Gasteiger partial charge in [-0.25, -0.2) is 13.9 Å². The molecule has 0 aliphatic carbocycles. The molecule has 0 amide bonds. The van der Waals surface area contributed by atoms with Crippen molar-refractivity contribution in [3.05, 3.63) is 89.0 Å². The van der Waals surface area contributed by atoms with Crippen LogP contribution in [0.5, 0.6) is 0 Å². The Morgan fingerprint density at radius 1 is 0.964 bits per heavy atom. The average molecular weight is 473 g/mol. The summed E-state index contributed by atoms with van der Waals surface area (Å²) in [6.45, 7) is 0.731. The van der Waals surface area contributed by atoms with Crippen molar-refractivity contribution in [1.29, 1.82) is 0 Å². The summed E-state index contributed by atoms with van der Waals surface area (Å²) in [6.07, 6.45) is 0. The van der Waals surface area contributed by atoms with Gasteiger partial charge < -0.3 is 0 Å². The van der Waals surface area contributed by atoms with Crippen LogP contribution in [0.2, 0.25) is 0 Å². The summed E-state index contributed by atoms with van der Waals surface area (Å²) in [7, 11) is 0. The number of nitrogens with zero attached hydrogens (tertiary/aromatic N) is 4. The normalized spacial score (nSPS) is 11.6. The summed E-state index contributed by atoms with van der Waals surface area (Å²) in [5, 5.41) is 8.33. The first-order valence-corrected chi connectivity index (χ1v) is 11.0. The molecule has 0 radical (unpaired) electrons. The van der Waals surface area contributed by atoms with Crippen molar-refractivity contribution in [2.24, 2.45) is 0 Å². The van der Waals surface area contributed by atoms with E-state index < -0.39 is 0 Å². The van der Waals surface area contributed by atoms with Crippen LogP contribution < -0.4 is 11.2 Å². The van der Waals surface area contributed by atoms with E-state index in [2.05, 4.69) is 21.0 Å². The van der Waals surface area contributed by atoms with Crippen molar-refractivity contribution in [1.82, 2.24) is 18.7 Å². The molecule has 0 bridgehead atoms. The fourth-order valence-electron chi connectivity index (χ4n) is 3.20. The summed E-state index contributed by atoms with van der Waals surface area (Å²) in [5.74, 6) is 0.367. The molecule has 5 aromatic rings. The summed E-state index contributed by atoms with van der Waals surface area (Å²) in [4.78, 5) is 27.2. The maximum atomic E-state index is 13.1. The molecule has 28 heavy (non-hydrogen) atoms. The minimum absolute atomic E-state index is 0.119. The van der Waals surface area contributed by atoms with Crippen LogP contribution in [-0.4, -0.2) is 18.7 Å². The molecule has 0 N–H and O–H groups in total.